The molecule has 0 aromatic heterocycles. The molecule has 0 spiro atoms. The van der Waals surface area contributed by atoms with Crippen molar-refractivity contribution in [2.45, 2.75) is 6.17 Å². The predicted molar refractivity (Wildman–Crippen MR) is 42.0 cm³/mol. The first-order valence-corrected chi connectivity index (χ1v) is 3.62. The molecule has 1 unspecified atom stereocenters. The first-order chi connectivity index (χ1) is 5.47. The van der Waals surface area contributed by atoms with Crippen LogP contribution in [0.15, 0.2) is 40.6 Å². The summed E-state index contributed by atoms with van der Waals surface area (Å²) in [6, 6.07) is 10.1. The summed E-state index contributed by atoms with van der Waals surface area (Å²) in [7, 11) is 0. The third kappa shape index (κ3) is 1.28. The van der Waals surface area contributed by atoms with Gasteiger partial charge in [-0.25, -0.2) is 0 Å². The lowest BCUT2D eigenvalue weighted by atomic mass is 10.2. The molecular formula is C8H9N3. The summed E-state index contributed by atoms with van der Waals surface area (Å²) in [5, 5.41) is 11.0. The Labute approximate surface area is 65.2 Å². The first kappa shape index (κ1) is 6.49. The second kappa shape index (κ2) is 2.80. The van der Waals surface area contributed by atoms with Crippen molar-refractivity contribution in [1.29, 1.82) is 0 Å². The van der Waals surface area contributed by atoms with E-state index in [4.69, 9.17) is 0 Å². The minimum absolute atomic E-state index is 0.0798. The van der Waals surface area contributed by atoms with Crippen molar-refractivity contribution in [3.8, 4) is 0 Å². The summed E-state index contributed by atoms with van der Waals surface area (Å²) in [6.07, 6.45) is 0.0798. The number of azo groups is 1. The topological polar surface area (TPSA) is 36.8 Å². The van der Waals surface area contributed by atoms with Gasteiger partial charge in [0.05, 0.1) is 0 Å². The van der Waals surface area contributed by atoms with Crippen molar-refractivity contribution in [2.24, 2.45) is 10.2 Å². The van der Waals surface area contributed by atoms with Crippen LogP contribution in [0.4, 0.5) is 0 Å². The minimum atomic E-state index is 0.0798. The highest BCUT2D eigenvalue weighted by Gasteiger charge is 2.11. The van der Waals surface area contributed by atoms with E-state index in [2.05, 4.69) is 15.5 Å². The molecule has 0 aliphatic carbocycles. The lowest BCUT2D eigenvalue weighted by Crippen LogP contribution is -2.13. The zero-order valence-corrected chi connectivity index (χ0v) is 6.07. The van der Waals surface area contributed by atoms with Gasteiger partial charge >= 0.3 is 0 Å². The molecule has 0 saturated carbocycles. The monoisotopic (exact) mass is 147 g/mol. The van der Waals surface area contributed by atoms with Gasteiger partial charge in [-0.3, -0.25) is 5.32 Å². The van der Waals surface area contributed by atoms with Crippen molar-refractivity contribution in [3.05, 3.63) is 35.9 Å². The van der Waals surface area contributed by atoms with Gasteiger partial charge in [0, 0.05) is 0 Å². The first-order valence-electron chi connectivity index (χ1n) is 3.62. The smallest absolute Gasteiger partial charge is 0.148 e. The molecule has 1 heterocycles. The lowest BCUT2D eigenvalue weighted by molar-refractivity contribution is 0.642. The van der Waals surface area contributed by atoms with Gasteiger partial charge in [-0.05, 0) is 5.56 Å². The van der Waals surface area contributed by atoms with Gasteiger partial charge in [0.1, 0.15) is 12.8 Å². The van der Waals surface area contributed by atoms with Crippen LogP contribution in [-0.2, 0) is 0 Å². The van der Waals surface area contributed by atoms with Crippen LogP contribution in [0.5, 0.6) is 0 Å². The maximum Gasteiger partial charge on any atom is 0.148 e. The summed E-state index contributed by atoms with van der Waals surface area (Å²) in [5.74, 6) is 0. The van der Waals surface area contributed by atoms with Crippen molar-refractivity contribution in [3.63, 3.8) is 0 Å². The molecule has 0 amide bonds. The van der Waals surface area contributed by atoms with Crippen LogP contribution in [0.3, 0.4) is 0 Å². The van der Waals surface area contributed by atoms with Crippen molar-refractivity contribution in [1.82, 2.24) is 5.32 Å². The molecule has 56 valence electrons. The Kier molecular flexibility index (Phi) is 1.65. The molecule has 1 aliphatic rings. The number of rotatable bonds is 1. The number of nitrogens with zero attached hydrogens (tertiary/aromatic N) is 2. The lowest BCUT2D eigenvalue weighted by Gasteiger charge is -2.04. The third-order valence-corrected chi connectivity index (χ3v) is 1.67. The number of hydrogen-bond donors (Lipinski definition) is 1. The van der Waals surface area contributed by atoms with Crippen LogP contribution < -0.4 is 5.32 Å². The minimum Gasteiger partial charge on any atom is -0.270 e. The number of benzene rings is 1. The number of hydrogen-bond acceptors (Lipinski definition) is 3. The fraction of sp³-hybridized carbons (Fsp3) is 0.250. The largest absolute Gasteiger partial charge is 0.270 e. The van der Waals surface area contributed by atoms with E-state index in [1.54, 1.807) is 0 Å². The van der Waals surface area contributed by atoms with Gasteiger partial charge in [-0.1, -0.05) is 30.3 Å². The Balaban J connectivity index is 2.23. The summed E-state index contributed by atoms with van der Waals surface area (Å²) < 4.78 is 0. The van der Waals surface area contributed by atoms with Crippen molar-refractivity contribution in [2.75, 3.05) is 6.67 Å². The zero-order valence-electron chi connectivity index (χ0n) is 6.07. The predicted octanol–water partition coefficient (Wildman–Crippen LogP) is 1.70. The van der Waals surface area contributed by atoms with E-state index in [1.807, 2.05) is 30.3 Å². The summed E-state index contributed by atoms with van der Waals surface area (Å²) in [6.45, 7) is 0.638. The molecule has 3 nitrogen and oxygen atoms in total. The van der Waals surface area contributed by atoms with Crippen molar-refractivity contribution >= 4 is 0 Å². The van der Waals surface area contributed by atoms with E-state index < -0.39 is 0 Å². The Bertz CT molecular complexity index is 255. The van der Waals surface area contributed by atoms with Crippen LogP contribution in [0.25, 0.3) is 0 Å². The molecule has 1 aromatic carbocycles. The molecule has 0 saturated heterocycles. The quantitative estimate of drug-likeness (QED) is 0.644. The van der Waals surface area contributed by atoms with Gasteiger partial charge in [0.25, 0.3) is 0 Å². The van der Waals surface area contributed by atoms with E-state index in [0.717, 1.165) is 0 Å². The molecule has 3 heteroatoms. The van der Waals surface area contributed by atoms with Gasteiger partial charge in [-0.2, -0.15) is 10.2 Å². The third-order valence-electron chi connectivity index (χ3n) is 1.67. The molecule has 1 atom stereocenters. The molecule has 2 rings (SSSR count). The van der Waals surface area contributed by atoms with E-state index in [9.17, 15) is 0 Å². The van der Waals surface area contributed by atoms with Crippen LogP contribution in [-0.4, -0.2) is 6.67 Å². The molecule has 11 heavy (non-hydrogen) atoms. The molecule has 0 radical (unpaired) electrons. The molecule has 1 aromatic rings. The van der Waals surface area contributed by atoms with Gasteiger partial charge in [-0.15, -0.1) is 0 Å². The molecular weight excluding hydrogens is 138 g/mol. The highest BCUT2D eigenvalue weighted by atomic mass is 15.3. The fourth-order valence-electron chi connectivity index (χ4n) is 1.11. The number of nitrogens with one attached hydrogen (secondary N) is 1. The second-order valence-corrected chi connectivity index (χ2v) is 2.43. The van der Waals surface area contributed by atoms with Crippen LogP contribution in [0.2, 0.25) is 0 Å². The molecule has 0 bridgehead atoms. The Hall–Kier alpha value is -1.22. The van der Waals surface area contributed by atoms with Crippen LogP contribution in [0.1, 0.15) is 11.7 Å². The highest BCUT2D eigenvalue weighted by molar-refractivity contribution is 5.18. The van der Waals surface area contributed by atoms with Gasteiger partial charge < -0.3 is 0 Å². The van der Waals surface area contributed by atoms with E-state index in [-0.39, 0.29) is 6.17 Å². The molecule has 1 N–H and O–H groups in total. The van der Waals surface area contributed by atoms with Crippen molar-refractivity contribution < 1.29 is 0 Å². The second-order valence-electron chi connectivity index (χ2n) is 2.43. The Morgan fingerprint density at radius 1 is 1.27 bits per heavy atom. The maximum absolute atomic E-state index is 4.02. The highest BCUT2D eigenvalue weighted by Crippen LogP contribution is 2.16. The standard InChI is InChI=1S/C8H9N3/c1-2-4-7(5-3-1)8-9-6-10-11-8/h1-5,8-9H,6H2. The summed E-state index contributed by atoms with van der Waals surface area (Å²) >= 11 is 0. The maximum atomic E-state index is 4.02. The molecule has 1 aliphatic heterocycles. The normalized spacial score (nSPS) is 22.4. The average Bonchev–Trinajstić information content (AvgIpc) is 2.58. The fourth-order valence-corrected chi connectivity index (χ4v) is 1.11. The van der Waals surface area contributed by atoms with Crippen LogP contribution in [0, 0.1) is 0 Å². The summed E-state index contributed by atoms with van der Waals surface area (Å²) in [5.41, 5.74) is 1.17. The zero-order chi connectivity index (χ0) is 7.52. The Morgan fingerprint density at radius 3 is 2.73 bits per heavy atom. The summed E-state index contributed by atoms with van der Waals surface area (Å²) in [4.78, 5) is 0. The Morgan fingerprint density at radius 2 is 2.09 bits per heavy atom. The average molecular weight is 147 g/mol. The van der Waals surface area contributed by atoms with Crippen LogP contribution >= 0.6 is 0 Å². The van der Waals surface area contributed by atoms with Gasteiger partial charge in [0.2, 0.25) is 0 Å². The van der Waals surface area contributed by atoms with E-state index >= 15 is 0 Å². The molecule has 0 fully saturated rings. The van der Waals surface area contributed by atoms with E-state index in [0.29, 0.717) is 6.67 Å². The SMILES string of the molecule is c1ccc(C2N=NCN2)cc1. The van der Waals surface area contributed by atoms with Gasteiger partial charge in [0.15, 0.2) is 0 Å². The van der Waals surface area contributed by atoms with E-state index in [1.165, 1.54) is 5.56 Å².